The SMILES string of the molecule is O=C(n1ccc(NO)nc1=O)C(F)(F)[C@H](O)[C@H](O)CO. The first-order chi connectivity index (χ1) is 9.25. The molecule has 1 heterocycles. The van der Waals surface area contributed by atoms with Crippen LogP contribution in [0, 0.1) is 0 Å². The normalized spacial score (nSPS) is 14.7. The molecule has 2 atom stereocenters. The van der Waals surface area contributed by atoms with Crippen molar-refractivity contribution in [3.05, 3.63) is 22.7 Å². The van der Waals surface area contributed by atoms with Crippen molar-refractivity contribution >= 4 is 11.7 Å². The number of hydrogen-bond acceptors (Lipinski definition) is 8. The van der Waals surface area contributed by atoms with E-state index in [1.54, 1.807) is 0 Å². The first-order valence-electron chi connectivity index (χ1n) is 5.15. The summed E-state index contributed by atoms with van der Waals surface area (Å²) in [6, 6.07) is 0.851. The Bertz CT molecular complexity index is 549. The van der Waals surface area contributed by atoms with Gasteiger partial charge in [0.2, 0.25) is 0 Å². The van der Waals surface area contributed by atoms with Crippen molar-refractivity contribution in [1.29, 1.82) is 0 Å². The largest absolute Gasteiger partial charge is 0.394 e. The van der Waals surface area contributed by atoms with Gasteiger partial charge < -0.3 is 15.3 Å². The number of alkyl halides is 2. The van der Waals surface area contributed by atoms with Crippen LogP contribution in [0.25, 0.3) is 0 Å². The Morgan fingerprint density at radius 3 is 2.55 bits per heavy atom. The van der Waals surface area contributed by atoms with Crippen molar-refractivity contribution in [2.24, 2.45) is 0 Å². The van der Waals surface area contributed by atoms with Gasteiger partial charge in [-0.3, -0.25) is 15.5 Å². The molecule has 11 heteroatoms. The van der Waals surface area contributed by atoms with Crippen molar-refractivity contribution in [3.8, 4) is 0 Å². The number of carbonyl (C=O) groups excluding carboxylic acids is 1. The van der Waals surface area contributed by atoms with Crippen LogP contribution in [0.15, 0.2) is 17.1 Å². The second-order valence-electron chi connectivity index (χ2n) is 3.70. The molecule has 0 saturated carbocycles. The number of aromatic nitrogens is 2. The average Bonchev–Trinajstić information content (AvgIpc) is 2.44. The minimum absolute atomic E-state index is 0.103. The third kappa shape index (κ3) is 2.96. The van der Waals surface area contributed by atoms with Crippen molar-refractivity contribution < 1.29 is 34.1 Å². The Morgan fingerprint density at radius 1 is 1.50 bits per heavy atom. The van der Waals surface area contributed by atoms with Crippen LogP contribution in [0.2, 0.25) is 0 Å². The molecule has 112 valence electrons. The van der Waals surface area contributed by atoms with E-state index in [0.717, 1.165) is 6.07 Å². The maximum Gasteiger partial charge on any atom is 0.356 e. The van der Waals surface area contributed by atoms with E-state index in [2.05, 4.69) is 4.98 Å². The minimum Gasteiger partial charge on any atom is -0.394 e. The van der Waals surface area contributed by atoms with Gasteiger partial charge in [-0.25, -0.2) is 9.36 Å². The van der Waals surface area contributed by atoms with Crippen LogP contribution in [0.3, 0.4) is 0 Å². The maximum atomic E-state index is 13.6. The zero-order chi connectivity index (χ0) is 15.5. The summed E-state index contributed by atoms with van der Waals surface area (Å²) in [5.74, 6) is -7.04. The van der Waals surface area contributed by atoms with Crippen LogP contribution in [0.5, 0.6) is 0 Å². The smallest absolute Gasteiger partial charge is 0.356 e. The molecular weight excluding hydrogens is 284 g/mol. The number of nitrogens with one attached hydrogen (secondary N) is 1. The van der Waals surface area contributed by atoms with Gasteiger partial charge in [0.05, 0.1) is 6.61 Å². The van der Waals surface area contributed by atoms with Gasteiger partial charge in [0.15, 0.2) is 11.9 Å². The number of rotatable bonds is 5. The molecule has 0 aromatic carbocycles. The quantitative estimate of drug-likeness (QED) is 0.393. The van der Waals surface area contributed by atoms with Crippen LogP contribution in [-0.4, -0.2) is 60.7 Å². The summed E-state index contributed by atoms with van der Waals surface area (Å²) >= 11 is 0. The van der Waals surface area contributed by atoms with Crippen LogP contribution in [0.4, 0.5) is 14.6 Å². The number of carbonyl (C=O) groups is 1. The van der Waals surface area contributed by atoms with E-state index in [1.807, 2.05) is 0 Å². The monoisotopic (exact) mass is 295 g/mol. The third-order valence-corrected chi connectivity index (χ3v) is 2.35. The second-order valence-corrected chi connectivity index (χ2v) is 3.70. The molecule has 0 spiro atoms. The molecule has 0 unspecified atom stereocenters. The fourth-order valence-corrected chi connectivity index (χ4v) is 1.25. The summed E-state index contributed by atoms with van der Waals surface area (Å²) in [4.78, 5) is 25.8. The summed E-state index contributed by atoms with van der Waals surface area (Å²) in [6.45, 7) is -1.20. The minimum atomic E-state index is -4.53. The average molecular weight is 295 g/mol. The molecule has 20 heavy (non-hydrogen) atoms. The lowest BCUT2D eigenvalue weighted by Gasteiger charge is -2.24. The lowest BCUT2D eigenvalue weighted by Crippen LogP contribution is -2.53. The van der Waals surface area contributed by atoms with Gasteiger partial charge in [0.1, 0.15) is 6.10 Å². The van der Waals surface area contributed by atoms with Gasteiger partial charge in [-0.2, -0.15) is 13.8 Å². The zero-order valence-electron chi connectivity index (χ0n) is 9.77. The molecule has 1 aromatic rings. The molecule has 5 N–H and O–H groups in total. The van der Waals surface area contributed by atoms with Crippen LogP contribution in [0.1, 0.15) is 4.79 Å². The number of nitrogens with zero attached hydrogens (tertiary/aromatic N) is 2. The van der Waals surface area contributed by atoms with E-state index in [9.17, 15) is 18.4 Å². The predicted octanol–water partition coefficient (Wildman–Crippen LogP) is -1.97. The Kier molecular flexibility index (Phi) is 4.83. The number of anilines is 1. The molecule has 0 aliphatic carbocycles. The van der Waals surface area contributed by atoms with E-state index >= 15 is 0 Å². The first kappa shape index (κ1) is 16.1. The molecule has 0 aliphatic rings. The summed E-state index contributed by atoms with van der Waals surface area (Å²) < 4.78 is 27.0. The molecule has 9 nitrogen and oxygen atoms in total. The number of aliphatic hydroxyl groups is 3. The molecule has 0 aliphatic heterocycles. The van der Waals surface area contributed by atoms with Gasteiger partial charge in [-0.1, -0.05) is 0 Å². The molecule has 0 bridgehead atoms. The number of aliphatic hydroxyl groups excluding tert-OH is 3. The molecule has 0 fully saturated rings. The summed E-state index contributed by atoms with van der Waals surface area (Å²) in [5, 5.41) is 35.0. The van der Waals surface area contributed by atoms with E-state index < -0.39 is 36.3 Å². The summed E-state index contributed by atoms with van der Waals surface area (Å²) in [5.41, 5.74) is 0.0460. The summed E-state index contributed by atoms with van der Waals surface area (Å²) in [7, 11) is 0. The highest BCUT2D eigenvalue weighted by Crippen LogP contribution is 2.23. The van der Waals surface area contributed by atoms with Gasteiger partial charge in [-0.15, -0.1) is 0 Å². The van der Waals surface area contributed by atoms with Gasteiger partial charge >= 0.3 is 17.5 Å². The van der Waals surface area contributed by atoms with Gasteiger partial charge in [-0.05, 0) is 6.07 Å². The fourth-order valence-electron chi connectivity index (χ4n) is 1.25. The standard InChI is InChI=1S/C9H11F2N3O6/c10-9(11,6(17)4(16)3-15)7(18)14-2-1-5(13-20)12-8(14)19/h1-2,4,6,15-17,20H,3H2,(H,12,13,19)/t4-,6-/m1/s1. The van der Waals surface area contributed by atoms with E-state index in [1.165, 1.54) is 5.48 Å². The number of hydrogen-bond donors (Lipinski definition) is 5. The Morgan fingerprint density at radius 2 is 2.10 bits per heavy atom. The highest BCUT2D eigenvalue weighted by molar-refractivity contribution is 5.86. The zero-order valence-corrected chi connectivity index (χ0v) is 9.77. The van der Waals surface area contributed by atoms with Crippen molar-refractivity contribution in [2.45, 2.75) is 18.1 Å². The van der Waals surface area contributed by atoms with Crippen LogP contribution >= 0.6 is 0 Å². The van der Waals surface area contributed by atoms with E-state index in [0.29, 0.717) is 6.20 Å². The molecular formula is C9H11F2N3O6. The highest BCUT2D eigenvalue weighted by atomic mass is 19.3. The maximum absolute atomic E-state index is 13.6. The van der Waals surface area contributed by atoms with E-state index in [4.69, 9.17) is 20.5 Å². The van der Waals surface area contributed by atoms with E-state index in [-0.39, 0.29) is 10.4 Å². The Hall–Kier alpha value is -1.95. The third-order valence-electron chi connectivity index (χ3n) is 2.35. The molecule has 0 radical (unpaired) electrons. The first-order valence-corrected chi connectivity index (χ1v) is 5.15. The lowest BCUT2D eigenvalue weighted by atomic mass is 10.1. The van der Waals surface area contributed by atoms with Gasteiger partial charge in [0, 0.05) is 6.20 Å². The van der Waals surface area contributed by atoms with Crippen LogP contribution in [-0.2, 0) is 0 Å². The molecule has 1 rings (SSSR count). The van der Waals surface area contributed by atoms with Crippen molar-refractivity contribution in [2.75, 3.05) is 12.1 Å². The molecule has 0 amide bonds. The highest BCUT2D eigenvalue weighted by Gasteiger charge is 2.50. The second kappa shape index (κ2) is 6.00. The van der Waals surface area contributed by atoms with Crippen LogP contribution < -0.4 is 11.2 Å². The topological polar surface area (TPSA) is 145 Å². The molecule has 0 saturated heterocycles. The fraction of sp³-hybridized carbons (Fsp3) is 0.444. The molecule has 1 aromatic heterocycles. The number of halogens is 2. The van der Waals surface area contributed by atoms with Crippen molar-refractivity contribution in [3.63, 3.8) is 0 Å². The predicted molar refractivity (Wildman–Crippen MR) is 58.6 cm³/mol. The van der Waals surface area contributed by atoms with Crippen molar-refractivity contribution in [1.82, 2.24) is 9.55 Å². The summed E-state index contributed by atoms with van der Waals surface area (Å²) in [6.07, 6.45) is -4.57. The Balaban J connectivity index is 3.14. The Labute approximate surface area is 109 Å². The lowest BCUT2D eigenvalue weighted by molar-refractivity contribution is -0.136. The van der Waals surface area contributed by atoms with Gasteiger partial charge in [0.25, 0.3) is 0 Å².